The van der Waals surface area contributed by atoms with Crippen molar-refractivity contribution in [1.29, 1.82) is 0 Å². The molecule has 8 heteroatoms. The van der Waals surface area contributed by atoms with Gasteiger partial charge in [0.25, 0.3) is 0 Å². The smallest absolute Gasteiger partial charge is 0.311 e. The van der Waals surface area contributed by atoms with Crippen LogP contribution >= 0.6 is 0 Å². The highest BCUT2D eigenvalue weighted by Gasteiger charge is 2.51. The zero-order valence-corrected chi connectivity index (χ0v) is 27.1. The minimum Gasteiger partial charge on any atom is -0.462 e. The van der Waals surface area contributed by atoms with E-state index in [2.05, 4.69) is 0 Å². The maximum atomic E-state index is 13.5. The van der Waals surface area contributed by atoms with E-state index in [0.29, 0.717) is 0 Å². The molecule has 0 unspecified atom stereocenters. The van der Waals surface area contributed by atoms with Crippen LogP contribution in [0, 0.1) is 10.8 Å². The van der Waals surface area contributed by atoms with Crippen LogP contribution in [0.25, 0.3) is 0 Å². The quantitative estimate of drug-likeness (QED) is 0.209. The van der Waals surface area contributed by atoms with Crippen molar-refractivity contribution in [3.05, 3.63) is 108 Å². The Balaban J connectivity index is 1.70. The number of hydrogen-bond acceptors (Lipinski definition) is 8. The Kier molecular flexibility index (Phi) is 11.9. The van der Waals surface area contributed by atoms with E-state index in [1.165, 1.54) is 0 Å². The zero-order chi connectivity index (χ0) is 32.5. The number of ether oxygens (including phenoxy) is 6. The molecule has 45 heavy (non-hydrogen) atoms. The molecule has 5 atom stereocenters. The van der Waals surface area contributed by atoms with Gasteiger partial charge in [-0.2, -0.15) is 0 Å². The van der Waals surface area contributed by atoms with Gasteiger partial charge in [0.15, 0.2) is 12.4 Å². The number of hydrogen-bond donors (Lipinski definition) is 0. The van der Waals surface area contributed by atoms with Gasteiger partial charge in [0.2, 0.25) is 0 Å². The van der Waals surface area contributed by atoms with Crippen LogP contribution in [-0.4, -0.2) is 49.3 Å². The van der Waals surface area contributed by atoms with Gasteiger partial charge >= 0.3 is 11.9 Å². The molecule has 3 aromatic rings. The van der Waals surface area contributed by atoms with Crippen LogP contribution in [0.5, 0.6) is 0 Å². The van der Waals surface area contributed by atoms with Crippen molar-refractivity contribution in [1.82, 2.24) is 0 Å². The van der Waals surface area contributed by atoms with Crippen molar-refractivity contribution >= 4 is 11.9 Å². The monoisotopic (exact) mass is 618 g/mol. The molecule has 0 aromatic heterocycles. The number of benzene rings is 3. The maximum Gasteiger partial charge on any atom is 0.311 e. The molecule has 0 saturated carbocycles. The molecule has 0 aliphatic carbocycles. The lowest BCUT2D eigenvalue weighted by Crippen LogP contribution is -2.62. The second-order valence-electron chi connectivity index (χ2n) is 13.3. The molecular weight excluding hydrogens is 572 g/mol. The van der Waals surface area contributed by atoms with E-state index in [1.54, 1.807) is 41.5 Å². The first-order chi connectivity index (χ1) is 21.4. The highest BCUT2D eigenvalue weighted by molar-refractivity contribution is 5.76. The van der Waals surface area contributed by atoms with Crippen molar-refractivity contribution in [2.45, 2.75) is 92.1 Å². The van der Waals surface area contributed by atoms with Gasteiger partial charge in [-0.25, -0.2) is 0 Å². The molecule has 0 amide bonds. The fourth-order valence-corrected chi connectivity index (χ4v) is 4.62. The van der Waals surface area contributed by atoms with Gasteiger partial charge in [-0.3, -0.25) is 9.59 Å². The van der Waals surface area contributed by atoms with E-state index in [1.807, 2.05) is 91.0 Å². The van der Waals surface area contributed by atoms with Gasteiger partial charge < -0.3 is 28.4 Å². The van der Waals surface area contributed by atoms with Crippen molar-refractivity contribution in [2.24, 2.45) is 10.8 Å². The van der Waals surface area contributed by atoms with Crippen LogP contribution in [0.15, 0.2) is 91.0 Å². The predicted molar refractivity (Wildman–Crippen MR) is 170 cm³/mol. The third kappa shape index (κ3) is 10.2. The number of carbonyl (C=O) groups excluding carboxylic acids is 2. The van der Waals surface area contributed by atoms with Gasteiger partial charge in [-0.05, 0) is 58.2 Å². The average Bonchev–Trinajstić information content (AvgIpc) is 3.02. The van der Waals surface area contributed by atoms with Crippen LogP contribution < -0.4 is 0 Å². The fraction of sp³-hybridized carbons (Fsp3) is 0.459. The maximum absolute atomic E-state index is 13.5. The van der Waals surface area contributed by atoms with Crippen molar-refractivity contribution in [3.63, 3.8) is 0 Å². The average molecular weight is 619 g/mol. The lowest BCUT2D eigenvalue weighted by Gasteiger charge is -2.45. The molecule has 1 heterocycles. The van der Waals surface area contributed by atoms with E-state index in [-0.39, 0.29) is 32.4 Å². The molecule has 1 saturated heterocycles. The Labute approximate surface area is 266 Å². The standard InChI is InChI=1S/C37H46O8/c1-36(2,3)34(38)43-25-29-30(40-22-26-16-10-7-11-17-26)31(45-35(39)37(4,5)6)32(41-23-27-18-12-8-13-19-27)33(44-29)42-24-28-20-14-9-15-21-28/h7-21,29-33H,22-25H2,1-6H3/t29-,30-,31+,32+,33+/m1/s1. The summed E-state index contributed by atoms with van der Waals surface area (Å²) >= 11 is 0. The molecule has 3 aromatic carbocycles. The van der Waals surface area contributed by atoms with E-state index < -0.39 is 47.5 Å². The zero-order valence-electron chi connectivity index (χ0n) is 27.1. The Morgan fingerprint density at radius 1 is 0.578 bits per heavy atom. The second kappa shape index (κ2) is 15.6. The second-order valence-corrected chi connectivity index (χ2v) is 13.3. The summed E-state index contributed by atoms with van der Waals surface area (Å²) in [6.45, 7) is 11.3. The summed E-state index contributed by atoms with van der Waals surface area (Å²) < 4.78 is 37.9. The third-order valence-corrected chi connectivity index (χ3v) is 7.27. The normalized spacial score (nSPS) is 22.0. The highest BCUT2D eigenvalue weighted by Crippen LogP contribution is 2.33. The molecule has 1 aliphatic heterocycles. The van der Waals surface area contributed by atoms with Crippen molar-refractivity contribution in [3.8, 4) is 0 Å². The molecule has 4 rings (SSSR count). The SMILES string of the molecule is CC(C)(C)C(=O)OC[C@H]1O[C@H](OCc2ccccc2)[C@@H](OCc2ccccc2)[C@@H](OC(=O)C(C)(C)C)[C@@H]1OCc1ccccc1. The van der Waals surface area contributed by atoms with Crippen LogP contribution in [0.2, 0.25) is 0 Å². The molecule has 0 spiro atoms. The molecule has 0 N–H and O–H groups in total. The Hall–Kier alpha value is -3.56. The van der Waals surface area contributed by atoms with E-state index in [9.17, 15) is 9.59 Å². The minimum absolute atomic E-state index is 0.129. The number of carbonyl (C=O) groups is 2. The molecule has 1 aliphatic rings. The highest BCUT2D eigenvalue weighted by atomic mass is 16.7. The van der Waals surface area contributed by atoms with Gasteiger partial charge in [-0.15, -0.1) is 0 Å². The van der Waals surface area contributed by atoms with Crippen molar-refractivity contribution < 1.29 is 38.0 Å². The van der Waals surface area contributed by atoms with Crippen LogP contribution in [0.4, 0.5) is 0 Å². The lowest BCUT2D eigenvalue weighted by molar-refractivity contribution is -0.324. The lowest BCUT2D eigenvalue weighted by atomic mass is 9.94. The Morgan fingerprint density at radius 2 is 1.00 bits per heavy atom. The van der Waals surface area contributed by atoms with E-state index >= 15 is 0 Å². The van der Waals surface area contributed by atoms with E-state index in [0.717, 1.165) is 16.7 Å². The number of rotatable bonds is 12. The molecule has 1 fully saturated rings. The summed E-state index contributed by atoms with van der Waals surface area (Å²) in [4.78, 5) is 26.3. The Morgan fingerprint density at radius 3 is 1.44 bits per heavy atom. The topological polar surface area (TPSA) is 89.5 Å². The van der Waals surface area contributed by atoms with E-state index in [4.69, 9.17) is 28.4 Å². The van der Waals surface area contributed by atoms with Gasteiger partial charge in [0.05, 0.1) is 30.7 Å². The Bertz CT molecular complexity index is 1330. The fourth-order valence-electron chi connectivity index (χ4n) is 4.62. The molecule has 0 radical (unpaired) electrons. The summed E-state index contributed by atoms with van der Waals surface area (Å²) in [5, 5.41) is 0. The predicted octanol–water partition coefficient (Wildman–Crippen LogP) is 6.65. The van der Waals surface area contributed by atoms with Crippen LogP contribution in [-0.2, 0) is 57.8 Å². The summed E-state index contributed by atoms with van der Waals surface area (Å²) in [5.41, 5.74) is 1.26. The summed E-state index contributed by atoms with van der Waals surface area (Å²) in [6.07, 6.45) is -4.45. The first-order valence-electron chi connectivity index (χ1n) is 15.4. The minimum atomic E-state index is -0.971. The van der Waals surface area contributed by atoms with Crippen LogP contribution in [0.3, 0.4) is 0 Å². The van der Waals surface area contributed by atoms with Crippen molar-refractivity contribution in [2.75, 3.05) is 6.61 Å². The van der Waals surface area contributed by atoms with Gasteiger partial charge in [0.1, 0.15) is 24.9 Å². The summed E-state index contributed by atoms with van der Waals surface area (Å²) in [6, 6.07) is 29.1. The van der Waals surface area contributed by atoms with Gasteiger partial charge in [0, 0.05) is 0 Å². The molecule has 8 nitrogen and oxygen atoms in total. The molecule has 0 bridgehead atoms. The number of esters is 2. The molecule has 242 valence electrons. The first-order valence-corrected chi connectivity index (χ1v) is 15.4. The summed E-state index contributed by atoms with van der Waals surface area (Å²) in [7, 11) is 0. The largest absolute Gasteiger partial charge is 0.462 e. The first kappa shape index (κ1) is 34.3. The summed E-state index contributed by atoms with van der Waals surface area (Å²) in [5.74, 6) is -0.816. The molecular formula is C37H46O8. The third-order valence-electron chi connectivity index (χ3n) is 7.27. The van der Waals surface area contributed by atoms with Gasteiger partial charge in [-0.1, -0.05) is 91.0 Å². The van der Waals surface area contributed by atoms with Crippen LogP contribution in [0.1, 0.15) is 58.2 Å².